The molecular formula is C27H34N8O2. The Labute approximate surface area is 216 Å². The average molecular weight is 503 g/mol. The summed E-state index contributed by atoms with van der Waals surface area (Å²) in [5.74, 6) is 1.64. The minimum Gasteiger partial charge on any atom is -0.343 e. The molecule has 2 aliphatic heterocycles. The molecule has 0 bridgehead atoms. The van der Waals surface area contributed by atoms with Crippen molar-refractivity contribution in [3.8, 4) is 0 Å². The first-order valence-electron chi connectivity index (χ1n) is 13.3. The predicted octanol–water partition coefficient (Wildman–Crippen LogP) is 3.35. The average Bonchev–Trinajstić information content (AvgIpc) is 3.52. The van der Waals surface area contributed by atoms with Gasteiger partial charge >= 0.3 is 0 Å². The standard InChI is InChI=1S/C27H34N8O2/c1-33(2)26(37)22-11-17-13-30-27(32-24(17)35(22)19-7-5-3-4-6-8-19)31-23-10-9-20(14-29-23)34-16-18-12-28-15-21(18)25(34)36/h9-11,13-14,18-19,21,28H,3-8,12,15-16H2,1-2H3,(H,29,30,31,32)/t18-,21-/m1/s1. The van der Waals surface area contributed by atoms with Crippen molar-refractivity contribution in [2.24, 2.45) is 11.8 Å². The summed E-state index contributed by atoms with van der Waals surface area (Å²) in [5, 5.41) is 7.38. The summed E-state index contributed by atoms with van der Waals surface area (Å²) in [6.45, 7) is 2.39. The monoisotopic (exact) mass is 502 g/mol. The van der Waals surface area contributed by atoms with Crippen LogP contribution in [0.2, 0.25) is 0 Å². The Hall–Kier alpha value is -3.53. The van der Waals surface area contributed by atoms with Crippen molar-refractivity contribution in [1.82, 2.24) is 29.7 Å². The fourth-order valence-electron chi connectivity index (χ4n) is 6.05. The molecule has 2 saturated heterocycles. The summed E-state index contributed by atoms with van der Waals surface area (Å²) in [6.07, 6.45) is 10.4. The van der Waals surface area contributed by atoms with E-state index in [1.807, 2.05) is 23.1 Å². The first-order valence-corrected chi connectivity index (χ1v) is 13.3. The van der Waals surface area contributed by atoms with Crippen LogP contribution in [0.3, 0.4) is 0 Å². The zero-order valence-electron chi connectivity index (χ0n) is 21.5. The third kappa shape index (κ3) is 4.43. The maximum Gasteiger partial charge on any atom is 0.270 e. The summed E-state index contributed by atoms with van der Waals surface area (Å²) < 4.78 is 2.14. The van der Waals surface area contributed by atoms with Crippen molar-refractivity contribution in [3.05, 3.63) is 36.3 Å². The topological polar surface area (TPSA) is 108 Å². The zero-order valence-corrected chi connectivity index (χ0v) is 21.5. The van der Waals surface area contributed by atoms with Gasteiger partial charge in [0.2, 0.25) is 11.9 Å². The molecule has 3 aliphatic rings. The molecule has 37 heavy (non-hydrogen) atoms. The number of anilines is 3. The maximum atomic E-state index is 13.1. The van der Waals surface area contributed by atoms with Crippen LogP contribution in [0.5, 0.6) is 0 Å². The second kappa shape index (κ2) is 9.74. The van der Waals surface area contributed by atoms with Gasteiger partial charge in [0, 0.05) is 57.3 Å². The van der Waals surface area contributed by atoms with Crippen LogP contribution in [0.1, 0.15) is 55.1 Å². The van der Waals surface area contributed by atoms with E-state index in [9.17, 15) is 9.59 Å². The second-order valence-electron chi connectivity index (χ2n) is 10.7. The number of hydrogen-bond acceptors (Lipinski definition) is 7. The Bertz CT molecular complexity index is 1310. The number of nitrogens with one attached hydrogen (secondary N) is 2. The number of pyridine rings is 1. The maximum absolute atomic E-state index is 13.1. The summed E-state index contributed by atoms with van der Waals surface area (Å²) in [5.41, 5.74) is 2.25. The Morgan fingerprint density at radius 2 is 1.89 bits per heavy atom. The van der Waals surface area contributed by atoms with E-state index in [1.54, 1.807) is 31.4 Å². The minimum atomic E-state index is -0.0228. The van der Waals surface area contributed by atoms with E-state index in [2.05, 4.69) is 25.2 Å². The summed E-state index contributed by atoms with van der Waals surface area (Å²) >= 11 is 0. The first-order chi connectivity index (χ1) is 18.0. The van der Waals surface area contributed by atoms with Gasteiger partial charge in [-0.2, -0.15) is 4.98 Å². The second-order valence-corrected chi connectivity index (χ2v) is 10.7. The zero-order chi connectivity index (χ0) is 25.5. The Kier molecular flexibility index (Phi) is 6.27. The van der Waals surface area contributed by atoms with Crippen LogP contribution in [0.25, 0.3) is 11.0 Å². The van der Waals surface area contributed by atoms with E-state index in [0.717, 1.165) is 62.0 Å². The predicted molar refractivity (Wildman–Crippen MR) is 142 cm³/mol. The fraction of sp³-hybridized carbons (Fsp3) is 0.519. The lowest BCUT2D eigenvalue weighted by atomic mass is 10.0. The fourth-order valence-corrected chi connectivity index (χ4v) is 6.05. The summed E-state index contributed by atoms with van der Waals surface area (Å²) in [7, 11) is 3.56. The molecule has 2 atom stereocenters. The molecule has 10 heteroatoms. The molecule has 5 heterocycles. The van der Waals surface area contributed by atoms with Gasteiger partial charge in [-0.1, -0.05) is 25.7 Å². The Morgan fingerprint density at radius 1 is 1.08 bits per heavy atom. The van der Waals surface area contributed by atoms with E-state index >= 15 is 0 Å². The van der Waals surface area contributed by atoms with Gasteiger partial charge in [0.1, 0.15) is 17.2 Å². The van der Waals surface area contributed by atoms with Gasteiger partial charge in [0.15, 0.2) is 0 Å². The molecule has 0 spiro atoms. The van der Waals surface area contributed by atoms with E-state index in [-0.39, 0.29) is 23.8 Å². The molecule has 3 fully saturated rings. The van der Waals surface area contributed by atoms with E-state index in [1.165, 1.54) is 12.8 Å². The highest BCUT2D eigenvalue weighted by molar-refractivity contribution is 5.98. The Balaban J connectivity index is 1.27. The van der Waals surface area contributed by atoms with Crippen LogP contribution in [0.4, 0.5) is 17.5 Å². The summed E-state index contributed by atoms with van der Waals surface area (Å²) in [6, 6.07) is 5.93. The lowest BCUT2D eigenvalue weighted by Gasteiger charge is -2.22. The molecule has 194 valence electrons. The highest BCUT2D eigenvalue weighted by atomic mass is 16.2. The molecule has 0 unspecified atom stereocenters. The number of rotatable bonds is 5. The molecule has 2 amide bonds. The molecule has 3 aromatic heterocycles. The van der Waals surface area contributed by atoms with Gasteiger partial charge in [0.05, 0.1) is 17.8 Å². The molecule has 0 radical (unpaired) electrons. The number of hydrogen-bond donors (Lipinski definition) is 2. The number of nitrogens with zero attached hydrogens (tertiary/aromatic N) is 6. The van der Waals surface area contributed by atoms with Gasteiger partial charge in [-0.3, -0.25) is 9.59 Å². The molecule has 10 nitrogen and oxygen atoms in total. The van der Waals surface area contributed by atoms with Crippen molar-refractivity contribution in [1.29, 1.82) is 0 Å². The van der Waals surface area contributed by atoms with Crippen molar-refractivity contribution >= 4 is 40.3 Å². The SMILES string of the molecule is CN(C)C(=O)c1cc2cnc(Nc3ccc(N4C[C@H]5CNC[C@H]5C4=O)cn3)nc2n1C1CCCCCC1. The smallest absolute Gasteiger partial charge is 0.270 e. The number of fused-ring (bicyclic) bond motifs is 2. The van der Waals surface area contributed by atoms with Crippen molar-refractivity contribution < 1.29 is 9.59 Å². The normalized spacial score (nSPS) is 22.3. The molecule has 1 saturated carbocycles. The highest BCUT2D eigenvalue weighted by Crippen LogP contribution is 2.34. The van der Waals surface area contributed by atoms with Gasteiger partial charge in [-0.05, 0) is 31.0 Å². The molecule has 0 aromatic carbocycles. The quantitative estimate of drug-likeness (QED) is 0.515. The number of carbonyl (C=O) groups is 2. The lowest BCUT2D eigenvalue weighted by Crippen LogP contribution is -2.30. The van der Waals surface area contributed by atoms with Gasteiger partial charge in [-0.15, -0.1) is 0 Å². The van der Waals surface area contributed by atoms with Crippen LogP contribution in [-0.4, -0.2) is 70.0 Å². The summed E-state index contributed by atoms with van der Waals surface area (Å²) in [4.78, 5) is 43.2. The van der Waals surface area contributed by atoms with Crippen LogP contribution in [-0.2, 0) is 4.79 Å². The first kappa shape index (κ1) is 23.8. The third-order valence-corrected chi connectivity index (χ3v) is 8.03. The lowest BCUT2D eigenvalue weighted by molar-refractivity contribution is -0.120. The number of aromatic nitrogens is 4. The van der Waals surface area contributed by atoms with E-state index < -0.39 is 0 Å². The van der Waals surface area contributed by atoms with Crippen molar-refractivity contribution in [2.45, 2.75) is 44.6 Å². The van der Waals surface area contributed by atoms with Gasteiger partial charge in [0.25, 0.3) is 5.91 Å². The number of carbonyl (C=O) groups excluding carboxylic acids is 2. The Morgan fingerprint density at radius 3 is 2.59 bits per heavy atom. The van der Waals surface area contributed by atoms with Crippen LogP contribution < -0.4 is 15.5 Å². The van der Waals surface area contributed by atoms with E-state index in [0.29, 0.717) is 23.4 Å². The largest absolute Gasteiger partial charge is 0.343 e. The molecular weight excluding hydrogens is 468 g/mol. The highest BCUT2D eigenvalue weighted by Gasteiger charge is 2.43. The van der Waals surface area contributed by atoms with Crippen molar-refractivity contribution in [3.63, 3.8) is 0 Å². The van der Waals surface area contributed by atoms with Gasteiger partial charge < -0.3 is 25.0 Å². The van der Waals surface area contributed by atoms with Crippen molar-refractivity contribution in [2.75, 3.05) is 43.9 Å². The van der Waals surface area contributed by atoms with Crippen LogP contribution >= 0.6 is 0 Å². The third-order valence-electron chi connectivity index (χ3n) is 8.03. The molecule has 1 aliphatic carbocycles. The molecule has 6 rings (SSSR count). The van der Waals surface area contributed by atoms with E-state index in [4.69, 9.17) is 4.98 Å². The van der Waals surface area contributed by atoms with Crippen LogP contribution in [0.15, 0.2) is 30.6 Å². The molecule has 2 N–H and O–H groups in total. The molecule has 3 aromatic rings. The van der Waals surface area contributed by atoms with Gasteiger partial charge in [-0.25, -0.2) is 9.97 Å². The minimum absolute atomic E-state index is 0.0228. The number of amides is 2. The van der Waals surface area contributed by atoms with Crippen LogP contribution in [0, 0.1) is 11.8 Å².